The molecule has 1 fully saturated rings. The van der Waals surface area contributed by atoms with Crippen molar-refractivity contribution in [1.82, 2.24) is 29.8 Å². The summed E-state index contributed by atoms with van der Waals surface area (Å²) in [6.07, 6.45) is 8.66. The average Bonchev–Trinajstić information content (AvgIpc) is 3.18. The highest BCUT2D eigenvalue weighted by Crippen LogP contribution is 2.35. The van der Waals surface area contributed by atoms with Crippen LogP contribution in [0, 0.1) is 13.8 Å². The molecule has 3 aromatic heterocycles. The normalized spacial score (nSPS) is 17.7. The first-order valence-corrected chi connectivity index (χ1v) is 10.8. The lowest BCUT2D eigenvalue weighted by atomic mass is 9.86. The lowest BCUT2D eigenvalue weighted by molar-refractivity contribution is 0.0894. The van der Waals surface area contributed by atoms with Crippen molar-refractivity contribution in [1.29, 1.82) is 0 Å². The van der Waals surface area contributed by atoms with E-state index in [9.17, 15) is 4.79 Å². The monoisotopic (exact) mass is 427 g/mol. The summed E-state index contributed by atoms with van der Waals surface area (Å²) >= 11 is 0. The third-order valence-corrected chi connectivity index (χ3v) is 5.87. The Morgan fingerprint density at radius 1 is 1.12 bits per heavy atom. The molecule has 1 saturated carbocycles. The molecule has 5 rings (SSSR count). The topological polar surface area (TPSA) is 97.6 Å². The molecule has 3 heterocycles. The molecule has 8 heteroatoms. The number of nitrogens with zero attached hydrogens (tertiary/aromatic N) is 5. The molecule has 0 unspecified atom stereocenters. The van der Waals surface area contributed by atoms with Crippen molar-refractivity contribution in [2.24, 2.45) is 0 Å². The van der Waals surface area contributed by atoms with E-state index in [0.29, 0.717) is 12.4 Å². The number of imidazole rings is 1. The van der Waals surface area contributed by atoms with Gasteiger partial charge >= 0.3 is 0 Å². The number of carbonyl (C=O) groups excluding carboxylic acids is 1. The average molecular weight is 428 g/mol. The zero-order valence-corrected chi connectivity index (χ0v) is 18.1. The molecule has 1 amide bonds. The third kappa shape index (κ3) is 4.03. The summed E-state index contributed by atoms with van der Waals surface area (Å²) in [6, 6.07) is 10.3. The molecular weight excluding hydrogens is 402 g/mol. The third-order valence-electron chi connectivity index (χ3n) is 5.87. The first-order chi connectivity index (χ1) is 15.6. The second-order valence-corrected chi connectivity index (χ2v) is 8.43. The summed E-state index contributed by atoms with van der Waals surface area (Å²) < 4.78 is 2.09. The quantitative estimate of drug-likeness (QED) is 0.488. The minimum atomic E-state index is -0.0139. The molecule has 0 saturated heterocycles. The Bertz CT molecular complexity index is 1240. The van der Waals surface area contributed by atoms with Crippen molar-refractivity contribution in [3.8, 4) is 0 Å². The smallest absolute Gasteiger partial charge is 0.251 e. The van der Waals surface area contributed by atoms with Gasteiger partial charge in [0.05, 0.1) is 6.33 Å². The maximum absolute atomic E-state index is 12.6. The molecular formula is C24H25N7O. The van der Waals surface area contributed by atoms with Crippen LogP contribution >= 0.6 is 0 Å². The molecule has 0 radical (unpaired) electrons. The summed E-state index contributed by atoms with van der Waals surface area (Å²) in [4.78, 5) is 30.2. The van der Waals surface area contributed by atoms with E-state index in [1.165, 1.54) is 0 Å². The van der Waals surface area contributed by atoms with Crippen molar-refractivity contribution in [2.45, 2.75) is 45.3 Å². The predicted molar refractivity (Wildman–Crippen MR) is 122 cm³/mol. The number of rotatable bonds is 6. The number of aromatic nitrogens is 5. The molecule has 162 valence electrons. The van der Waals surface area contributed by atoms with Crippen LogP contribution in [0.15, 0.2) is 55.4 Å². The van der Waals surface area contributed by atoms with E-state index in [4.69, 9.17) is 0 Å². The van der Waals surface area contributed by atoms with Crippen LogP contribution in [0.2, 0.25) is 0 Å². The standard InChI is InChI=1S/C24H25N7O/c1-15-6-16(2)8-18(7-15)24(32)30-19-9-20(10-19)31-14-29-21-22(27-13-28-23(21)31)26-12-17-4-3-5-25-11-17/h3-8,11,13-14,19-20H,9-10,12H2,1-2H3,(H,30,32)(H,26,27,28). The van der Waals surface area contributed by atoms with Gasteiger partial charge in [0.15, 0.2) is 11.5 Å². The maximum atomic E-state index is 12.6. The van der Waals surface area contributed by atoms with Gasteiger partial charge in [-0.15, -0.1) is 0 Å². The number of hydrogen-bond acceptors (Lipinski definition) is 6. The van der Waals surface area contributed by atoms with Gasteiger partial charge in [0, 0.05) is 36.6 Å². The van der Waals surface area contributed by atoms with Crippen molar-refractivity contribution in [3.63, 3.8) is 0 Å². The highest BCUT2D eigenvalue weighted by atomic mass is 16.1. The molecule has 2 N–H and O–H groups in total. The van der Waals surface area contributed by atoms with Crippen LogP contribution in [-0.2, 0) is 6.54 Å². The SMILES string of the molecule is Cc1cc(C)cc(C(=O)NC2CC(n3cnc4c(NCc5cccnc5)ncnc43)C2)c1. The van der Waals surface area contributed by atoms with E-state index < -0.39 is 0 Å². The van der Waals surface area contributed by atoms with Gasteiger partial charge in [0.1, 0.15) is 11.8 Å². The number of nitrogens with one attached hydrogen (secondary N) is 2. The lowest BCUT2D eigenvalue weighted by Gasteiger charge is -2.36. The van der Waals surface area contributed by atoms with Crippen molar-refractivity contribution < 1.29 is 4.79 Å². The fourth-order valence-electron chi connectivity index (χ4n) is 4.24. The van der Waals surface area contributed by atoms with E-state index in [0.717, 1.165) is 46.3 Å². The Hall–Kier alpha value is -3.81. The first-order valence-electron chi connectivity index (χ1n) is 10.8. The molecule has 1 aliphatic rings. The number of benzene rings is 1. The van der Waals surface area contributed by atoms with Crippen molar-refractivity contribution >= 4 is 22.9 Å². The van der Waals surface area contributed by atoms with Crippen molar-refractivity contribution in [2.75, 3.05) is 5.32 Å². The Kier molecular flexibility index (Phi) is 5.26. The molecule has 0 aliphatic heterocycles. The Balaban J connectivity index is 1.24. The highest BCUT2D eigenvalue weighted by molar-refractivity contribution is 5.94. The Morgan fingerprint density at radius 2 is 1.94 bits per heavy atom. The number of amides is 1. The molecule has 1 aliphatic carbocycles. The van der Waals surface area contributed by atoms with E-state index in [-0.39, 0.29) is 18.0 Å². The zero-order chi connectivity index (χ0) is 22.1. The second-order valence-electron chi connectivity index (χ2n) is 8.43. The maximum Gasteiger partial charge on any atom is 0.251 e. The largest absolute Gasteiger partial charge is 0.364 e. The van der Waals surface area contributed by atoms with Gasteiger partial charge in [-0.1, -0.05) is 23.3 Å². The number of fused-ring (bicyclic) bond motifs is 1. The fourth-order valence-corrected chi connectivity index (χ4v) is 4.24. The van der Waals surface area contributed by atoms with Crippen LogP contribution in [0.5, 0.6) is 0 Å². The summed E-state index contributed by atoms with van der Waals surface area (Å²) in [5.74, 6) is 0.691. The Labute approximate surface area is 186 Å². The zero-order valence-electron chi connectivity index (χ0n) is 18.1. The van der Waals surface area contributed by atoms with Gasteiger partial charge in [-0.05, 0) is 50.5 Å². The summed E-state index contributed by atoms with van der Waals surface area (Å²) in [5, 5.41) is 6.48. The van der Waals surface area contributed by atoms with Gasteiger partial charge in [-0.3, -0.25) is 9.78 Å². The second kappa shape index (κ2) is 8.37. The van der Waals surface area contributed by atoms with E-state index in [2.05, 4.69) is 41.2 Å². The summed E-state index contributed by atoms with van der Waals surface area (Å²) in [5.41, 5.74) is 5.53. The van der Waals surface area contributed by atoms with E-state index in [1.54, 1.807) is 12.5 Å². The van der Waals surface area contributed by atoms with Crippen LogP contribution in [-0.4, -0.2) is 36.5 Å². The molecule has 32 heavy (non-hydrogen) atoms. The molecule has 8 nitrogen and oxygen atoms in total. The number of hydrogen-bond donors (Lipinski definition) is 2. The molecule has 1 aromatic carbocycles. The van der Waals surface area contributed by atoms with Crippen LogP contribution < -0.4 is 10.6 Å². The summed E-state index contributed by atoms with van der Waals surface area (Å²) in [6.45, 7) is 4.63. The minimum Gasteiger partial charge on any atom is -0.364 e. The molecule has 0 bridgehead atoms. The number of carbonyl (C=O) groups is 1. The van der Waals surface area contributed by atoms with E-state index >= 15 is 0 Å². The van der Waals surface area contributed by atoms with Crippen LogP contribution in [0.25, 0.3) is 11.2 Å². The minimum absolute atomic E-state index is 0.0139. The van der Waals surface area contributed by atoms with Crippen LogP contribution in [0.3, 0.4) is 0 Å². The first kappa shape index (κ1) is 20.1. The van der Waals surface area contributed by atoms with Gasteiger partial charge in [-0.25, -0.2) is 15.0 Å². The predicted octanol–water partition coefficient (Wildman–Crippen LogP) is 3.58. The van der Waals surface area contributed by atoms with Gasteiger partial charge < -0.3 is 15.2 Å². The highest BCUT2D eigenvalue weighted by Gasteiger charge is 2.33. The Morgan fingerprint density at radius 3 is 2.69 bits per heavy atom. The molecule has 0 spiro atoms. The number of aryl methyl sites for hydroxylation is 2. The molecule has 0 atom stereocenters. The molecule has 4 aromatic rings. The van der Waals surface area contributed by atoms with Crippen LogP contribution in [0.1, 0.15) is 45.9 Å². The van der Waals surface area contributed by atoms with Gasteiger partial charge in [0.25, 0.3) is 5.91 Å². The number of anilines is 1. The fraction of sp³-hybridized carbons (Fsp3) is 0.292. The van der Waals surface area contributed by atoms with E-state index in [1.807, 2.05) is 50.6 Å². The van der Waals surface area contributed by atoms with Crippen LogP contribution in [0.4, 0.5) is 5.82 Å². The number of pyridine rings is 1. The van der Waals surface area contributed by atoms with Gasteiger partial charge in [-0.2, -0.15) is 0 Å². The van der Waals surface area contributed by atoms with Crippen molar-refractivity contribution in [3.05, 3.63) is 77.6 Å². The lowest BCUT2D eigenvalue weighted by Crippen LogP contribution is -2.45. The van der Waals surface area contributed by atoms with Gasteiger partial charge in [0.2, 0.25) is 0 Å². The summed E-state index contributed by atoms with van der Waals surface area (Å²) in [7, 11) is 0.